The highest BCUT2D eigenvalue weighted by Crippen LogP contribution is 2.17. The van der Waals surface area contributed by atoms with Crippen molar-refractivity contribution in [2.24, 2.45) is 0 Å². The Morgan fingerprint density at radius 1 is 1.13 bits per heavy atom. The van der Waals surface area contributed by atoms with Gasteiger partial charge in [0, 0.05) is 37.4 Å². The number of Topliss-reactive ketones (excluding diaryl/α,β-unsaturated/α-hetero) is 1. The Morgan fingerprint density at radius 2 is 1.83 bits per heavy atom. The molecular formula is C22H25N3O4S. The monoisotopic (exact) mass is 427 g/mol. The molecule has 2 atom stereocenters. The lowest BCUT2D eigenvalue weighted by atomic mass is 10.1. The van der Waals surface area contributed by atoms with E-state index in [0.29, 0.717) is 26.2 Å². The summed E-state index contributed by atoms with van der Waals surface area (Å²) >= 11 is 1.61. The first-order valence-corrected chi connectivity index (χ1v) is 10.6. The second-order valence-corrected chi connectivity index (χ2v) is 7.99. The number of nitrogens with zero attached hydrogens (tertiary/aromatic N) is 2. The molecule has 0 aliphatic carbocycles. The zero-order valence-corrected chi connectivity index (χ0v) is 17.6. The first-order chi connectivity index (χ1) is 14.5. The van der Waals surface area contributed by atoms with E-state index in [1.807, 2.05) is 41.8 Å². The van der Waals surface area contributed by atoms with Crippen molar-refractivity contribution in [1.82, 2.24) is 10.2 Å². The van der Waals surface area contributed by atoms with Crippen molar-refractivity contribution in [1.29, 1.82) is 0 Å². The largest absolute Gasteiger partial charge is 0.391 e. The van der Waals surface area contributed by atoms with Gasteiger partial charge in [0.05, 0.1) is 11.0 Å². The predicted octanol–water partition coefficient (Wildman–Crippen LogP) is 1.29. The molecule has 2 heterocycles. The Bertz CT molecular complexity index is 908. The number of nitrogens with one attached hydrogen (secondary N) is 1. The van der Waals surface area contributed by atoms with Crippen LogP contribution in [0.25, 0.3) is 0 Å². The predicted molar refractivity (Wildman–Crippen MR) is 117 cm³/mol. The fourth-order valence-corrected chi connectivity index (χ4v) is 3.77. The maximum Gasteiger partial charge on any atom is 0.318 e. The van der Waals surface area contributed by atoms with Crippen LogP contribution in [0.5, 0.6) is 0 Å². The number of anilines is 1. The van der Waals surface area contributed by atoms with Gasteiger partial charge in [-0.25, -0.2) is 4.79 Å². The molecule has 7 nitrogen and oxygen atoms in total. The number of thiophene rings is 1. The third-order valence-electron chi connectivity index (χ3n) is 4.91. The van der Waals surface area contributed by atoms with Crippen molar-refractivity contribution in [2.75, 3.05) is 37.7 Å². The topological polar surface area (TPSA) is 93.1 Å². The van der Waals surface area contributed by atoms with E-state index in [2.05, 4.69) is 22.1 Å². The van der Waals surface area contributed by atoms with E-state index < -0.39 is 30.6 Å². The summed E-state index contributed by atoms with van der Waals surface area (Å²) in [7, 11) is 0. The highest BCUT2D eigenvalue weighted by Gasteiger charge is 2.28. The van der Waals surface area contributed by atoms with Crippen molar-refractivity contribution in [3.05, 3.63) is 52.2 Å². The lowest BCUT2D eigenvalue weighted by Gasteiger charge is -2.36. The molecule has 1 aromatic carbocycles. The number of urea groups is 1. The fourth-order valence-electron chi connectivity index (χ4n) is 3.20. The van der Waals surface area contributed by atoms with E-state index in [9.17, 15) is 14.7 Å². The van der Waals surface area contributed by atoms with Crippen LogP contribution in [0.15, 0.2) is 41.8 Å². The molecule has 0 spiro atoms. The number of ketones is 1. The summed E-state index contributed by atoms with van der Waals surface area (Å²) in [5.74, 6) is 5.68. The standard InChI is InChI=1S/C22H25N3O4S/c1-16(27)21(20(28)15-26)23-22(29)25-12-10-24(11-13-25)18-7-4-17(5-8-18)6-9-19-3-2-14-30-19/h2-5,7-8,14,16,21,26-27H,10-13,15H2,1H3,(H,23,29)/t16-,21+/m0/s1. The van der Waals surface area contributed by atoms with Crippen molar-refractivity contribution >= 4 is 28.8 Å². The summed E-state index contributed by atoms with van der Waals surface area (Å²) in [6.07, 6.45) is -1.07. The number of carbonyl (C=O) groups excluding carboxylic acids is 2. The molecule has 1 aromatic heterocycles. The van der Waals surface area contributed by atoms with Crippen LogP contribution >= 0.6 is 11.3 Å². The number of hydrogen-bond acceptors (Lipinski definition) is 6. The molecule has 1 fully saturated rings. The highest BCUT2D eigenvalue weighted by molar-refractivity contribution is 7.10. The van der Waals surface area contributed by atoms with Crippen molar-refractivity contribution in [2.45, 2.75) is 19.1 Å². The molecule has 8 heteroatoms. The number of rotatable bonds is 5. The van der Waals surface area contributed by atoms with Crippen LogP contribution in [0.3, 0.4) is 0 Å². The minimum atomic E-state index is -1.11. The number of carbonyl (C=O) groups is 2. The third kappa shape index (κ3) is 5.60. The van der Waals surface area contributed by atoms with Crippen LogP contribution in [0.2, 0.25) is 0 Å². The van der Waals surface area contributed by atoms with Crippen LogP contribution in [-0.4, -0.2) is 71.9 Å². The zero-order chi connectivity index (χ0) is 21.5. The summed E-state index contributed by atoms with van der Waals surface area (Å²) in [6.45, 7) is 2.97. The number of aliphatic hydroxyl groups is 2. The summed E-state index contributed by atoms with van der Waals surface area (Å²) in [5.41, 5.74) is 2.01. The minimum absolute atomic E-state index is 0.415. The third-order valence-corrected chi connectivity index (χ3v) is 5.70. The summed E-state index contributed by atoms with van der Waals surface area (Å²) < 4.78 is 0. The lowest BCUT2D eigenvalue weighted by molar-refractivity contribution is -0.125. The summed E-state index contributed by atoms with van der Waals surface area (Å²) in [4.78, 5) is 28.9. The average molecular weight is 428 g/mol. The van der Waals surface area contributed by atoms with Crippen molar-refractivity contribution in [3.8, 4) is 11.8 Å². The minimum Gasteiger partial charge on any atom is -0.391 e. The molecule has 1 aliphatic heterocycles. The van der Waals surface area contributed by atoms with Gasteiger partial charge in [-0.1, -0.05) is 17.9 Å². The number of hydrogen-bond donors (Lipinski definition) is 3. The number of amides is 2. The molecule has 2 amide bonds. The Kier molecular flexibility index (Phi) is 7.46. The lowest BCUT2D eigenvalue weighted by Crippen LogP contribution is -2.57. The van der Waals surface area contributed by atoms with Gasteiger partial charge in [-0.05, 0) is 42.6 Å². The molecule has 1 aliphatic rings. The molecule has 3 N–H and O–H groups in total. The molecule has 0 unspecified atom stereocenters. The van der Waals surface area contributed by atoms with Gasteiger partial charge in [-0.3, -0.25) is 4.79 Å². The first-order valence-electron chi connectivity index (χ1n) is 9.75. The Balaban J connectivity index is 1.53. The van der Waals surface area contributed by atoms with E-state index in [1.165, 1.54) is 6.92 Å². The van der Waals surface area contributed by atoms with Crippen LogP contribution < -0.4 is 10.2 Å². The number of piperazine rings is 1. The number of aliphatic hydroxyl groups excluding tert-OH is 2. The van der Waals surface area contributed by atoms with Gasteiger partial charge in [0.15, 0.2) is 5.78 Å². The summed E-state index contributed by atoms with van der Waals surface area (Å²) in [5, 5.41) is 23.2. The van der Waals surface area contributed by atoms with Gasteiger partial charge in [0.2, 0.25) is 0 Å². The smallest absolute Gasteiger partial charge is 0.318 e. The van der Waals surface area contributed by atoms with Crippen molar-refractivity contribution in [3.63, 3.8) is 0 Å². The Hall–Kier alpha value is -2.86. The maximum absolute atomic E-state index is 12.4. The molecule has 0 saturated carbocycles. The van der Waals surface area contributed by atoms with E-state index >= 15 is 0 Å². The Morgan fingerprint density at radius 3 is 2.40 bits per heavy atom. The van der Waals surface area contributed by atoms with E-state index in [4.69, 9.17) is 5.11 Å². The van der Waals surface area contributed by atoms with E-state index in [-0.39, 0.29) is 0 Å². The van der Waals surface area contributed by atoms with Crippen LogP contribution in [0.1, 0.15) is 17.4 Å². The molecular weight excluding hydrogens is 402 g/mol. The summed E-state index contributed by atoms with van der Waals surface area (Å²) in [6, 6.07) is 10.5. The molecule has 0 bridgehead atoms. The van der Waals surface area contributed by atoms with E-state index in [1.54, 1.807) is 16.2 Å². The van der Waals surface area contributed by atoms with Gasteiger partial charge >= 0.3 is 6.03 Å². The van der Waals surface area contributed by atoms with Crippen LogP contribution in [0.4, 0.5) is 10.5 Å². The van der Waals surface area contributed by atoms with Gasteiger partial charge in [-0.15, -0.1) is 11.3 Å². The quantitative estimate of drug-likeness (QED) is 0.626. The molecule has 0 radical (unpaired) electrons. The molecule has 158 valence electrons. The van der Waals surface area contributed by atoms with Gasteiger partial charge in [0.25, 0.3) is 0 Å². The number of benzene rings is 1. The van der Waals surface area contributed by atoms with Crippen LogP contribution in [-0.2, 0) is 4.79 Å². The highest BCUT2D eigenvalue weighted by atomic mass is 32.1. The second kappa shape index (κ2) is 10.3. The average Bonchev–Trinajstić information content (AvgIpc) is 3.29. The molecule has 1 saturated heterocycles. The SMILES string of the molecule is C[C@H](O)[C@@H](NC(=O)N1CCN(c2ccc(C#Cc3cccs3)cc2)CC1)C(=O)CO. The normalized spacial score (nSPS) is 15.7. The van der Waals surface area contributed by atoms with Crippen LogP contribution in [0, 0.1) is 11.8 Å². The van der Waals surface area contributed by atoms with E-state index in [0.717, 1.165) is 16.1 Å². The Labute approximate surface area is 179 Å². The fraction of sp³-hybridized carbons (Fsp3) is 0.364. The molecule has 2 aromatic rings. The second-order valence-electron chi connectivity index (χ2n) is 7.04. The maximum atomic E-state index is 12.4. The van der Waals surface area contributed by atoms with Crippen molar-refractivity contribution < 1.29 is 19.8 Å². The van der Waals surface area contributed by atoms with Gasteiger partial charge in [-0.2, -0.15) is 0 Å². The zero-order valence-electron chi connectivity index (χ0n) is 16.7. The molecule has 3 rings (SSSR count). The van der Waals surface area contributed by atoms with Gasteiger partial charge < -0.3 is 25.3 Å². The molecule has 30 heavy (non-hydrogen) atoms. The first kappa shape index (κ1) is 21.8. The van der Waals surface area contributed by atoms with Gasteiger partial charge in [0.1, 0.15) is 12.6 Å².